The summed E-state index contributed by atoms with van der Waals surface area (Å²) in [6.45, 7) is 6.38. The summed E-state index contributed by atoms with van der Waals surface area (Å²) < 4.78 is 6.96. The summed E-state index contributed by atoms with van der Waals surface area (Å²) in [5.74, 6) is 0.911. The zero-order chi connectivity index (χ0) is 11.1. The first-order valence-electron chi connectivity index (χ1n) is 5.77. The van der Waals surface area contributed by atoms with Crippen LogP contribution in [0.5, 0.6) is 0 Å². The van der Waals surface area contributed by atoms with Crippen LogP contribution in [0.1, 0.15) is 32.3 Å². The van der Waals surface area contributed by atoms with Crippen molar-refractivity contribution in [1.82, 2.24) is 9.78 Å². The number of ether oxygens (including phenoxy) is 1. The first-order chi connectivity index (χ1) is 7.22. The van der Waals surface area contributed by atoms with Crippen molar-refractivity contribution >= 4 is 0 Å². The molecule has 0 bridgehead atoms. The van der Waals surface area contributed by atoms with E-state index in [0.29, 0.717) is 0 Å². The predicted octanol–water partition coefficient (Wildman–Crippen LogP) is 2.42. The van der Waals surface area contributed by atoms with Gasteiger partial charge in [0.25, 0.3) is 0 Å². The Morgan fingerprint density at radius 2 is 2.13 bits per heavy atom. The van der Waals surface area contributed by atoms with E-state index in [1.54, 1.807) is 0 Å². The quantitative estimate of drug-likeness (QED) is 0.711. The van der Waals surface area contributed by atoms with Gasteiger partial charge in [-0.2, -0.15) is 5.10 Å². The molecule has 0 atom stereocenters. The average Bonchev–Trinajstić information content (AvgIpc) is 2.66. The molecular formula is C12H22N2O. The Balaban J connectivity index is 0.000000151. The zero-order valence-corrected chi connectivity index (χ0v) is 10.1. The van der Waals surface area contributed by atoms with Gasteiger partial charge in [0, 0.05) is 26.5 Å². The van der Waals surface area contributed by atoms with Crippen molar-refractivity contribution in [3.05, 3.63) is 18.0 Å². The standard InChI is InChI=1S/C6H10N2.C6H12O/c1-3-6-4-7-8(2)5-6;1-6-2-4-7-5-3-6/h4-5H,3H2,1-2H3;6H,2-5H2,1H3. The molecule has 2 rings (SSSR count). The SMILES string of the molecule is CC1CCOCC1.CCc1cnn(C)c1. The maximum Gasteiger partial charge on any atom is 0.0521 e. The van der Waals surface area contributed by atoms with E-state index in [0.717, 1.165) is 25.6 Å². The van der Waals surface area contributed by atoms with Gasteiger partial charge in [-0.25, -0.2) is 0 Å². The van der Waals surface area contributed by atoms with E-state index in [4.69, 9.17) is 4.74 Å². The molecule has 0 saturated carbocycles. The highest BCUT2D eigenvalue weighted by Crippen LogP contribution is 2.11. The lowest BCUT2D eigenvalue weighted by Crippen LogP contribution is -2.12. The van der Waals surface area contributed by atoms with Crippen LogP contribution in [0, 0.1) is 5.92 Å². The van der Waals surface area contributed by atoms with E-state index < -0.39 is 0 Å². The molecule has 3 heteroatoms. The number of aryl methyl sites for hydroxylation is 2. The Labute approximate surface area is 92.4 Å². The summed E-state index contributed by atoms with van der Waals surface area (Å²) in [6.07, 6.45) is 7.52. The van der Waals surface area contributed by atoms with Crippen LogP contribution < -0.4 is 0 Å². The number of hydrogen-bond donors (Lipinski definition) is 0. The molecule has 0 spiro atoms. The summed E-state index contributed by atoms with van der Waals surface area (Å²) in [6, 6.07) is 0. The molecule has 1 fully saturated rings. The molecule has 0 aromatic carbocycles. The Kier molecular flexibility index (Phi) is 5.40. The van der Waals surface area contributed by atoms with Crippen molar-refractivity contribution in [2.45, 2.75) is 33.1 Å². The van der Waals surface area contributed by atoms with E-state index in [9.17, 15) is 0 Å². The van der Waals surface area contributed by atoms with Crippen molar-refractivity contribution in [2.75, 3.05) is 13.2 Å². The molecule has 1 aromatic heterocycles. The van der Waals surface area contributed by atoms with Crippen molar-refractivity contribution < 1.29 is 4.74 Å². The zero-order valence-electron chi connectivity index (χ0n) is 10.1. The molecule has 3 nitrogen and oxygen atoms in total. The molecule has 0 radical (unpaired) electrons. The summed E-state index contributed by atoms with van der Waals surface area (Å²) in [5.41, 5.74) is 1.30. The Morgan fingerprint density at radius 1 is 1.47 bits per heavy atom. The summed E-state index contributed by atoms with van der Waals surface area (Å²) in [7, 11) is 1.93. The highest BCUT2D eigenvalue weighted by atomic mass is 16.5. The van der Waals surface area contributed by atoms with Crippen LogP contribution in [0.2, 0.25) is 0 Å². The van der Waals surface area contributed by atoms with Crippen LogP contribution >= 0.6 is 0 Å². The van der Waals surface area contributed by atoms with Gasteiger partial charge in [-0.3, -0.25) is 4.68 Å². The molecule has 0 N–H and O–H groups in total. The highest BCUT2D eigenvalue weighted by Gasteiger charge is 2.06. The van der Waals surface area contributed by atoms with Gasteiger partial charge in [0.2, 0.25) is 0 Å². The van der Waals surface area contributed by atoms with E-state index in [2.05, 4.69) is 18.9 Å². The third-order valence-corrected chi connectivity index (χ3v) is 2.68. The van der Waals surface area contributed by atoms with Gasteiger partial charge in [-0.05, 0) is 30.7 Å². The van der Waals surface area contributed by atoms with Crippen LogP contribution in [0.15, 0.2) is 12.4 Å². The Bertz CT molecular complexity index is 264. The third kappa shape index (κ3) is 4.98. The van der Waals surface area contributed by atoms with Gasteiger partial charge < -0.3 is 4.74 Å². The van der Waals surface area contributed by atoms with E-state index in [1.807, 2.05) is 24.1 Å². The second-order valence-corrected chi connectivity index (χ2v) is 4.17. The minimum atomic E-state index is 0.911. The Morgan fingerprint density at radius 3 is 2.40 bits per heavy atom. The first-order valence-corrected chi connectivity index (χ1v) is 5.77. The molecule has 1 aliphatic heterocycles. The second-order valence-electron chi connectivity index (χ2n) is 4.17. The smallest absolute Gasteiger partial charge is 0.0521 e. The average molecular weight is 210 g/mol. The van der Waals surface area contributed by atoms with Crippen molar-refractivity contribution in [1.29, 1.82) is 0 Å². The normalized spacial score (nSPS) is 17.0. The van der Waals surface area contributed by atoms with E-state index >= 15 is 0 Å². The number of nitrogens with zero attached hydrogens (tertiary/aromatic N) is 2. The van der Waals surface area contributed by atoms with Crippen molar-refractivity contribution in [3.8, 4) is 0 Å². The van der Waals surface area contributed by atoms with Crippen molar-refractivity contribution in [3.63, 3.8) is 0 Å². The fraction of sp³-hybridized carbons (Fsp3) is 0.750. The Hall–Kier alpha value is -0.830. The lowest BCUT2D eigenvalue weighted by molar-refractivity contribution is 0.0716. The predicted molar refractivity (Wildman–Crippen MR) is 61.8 cm³/mol. The monoisotopic (exact) mass is 210 g/mol. The lowest BCUT2D eigenvalue weighted by atomic mass is 10.0. The van der Waals surface area contributed by atoms with Gasteiger partial charge in [-0.15, -0.1) is 0 Å². The molecule has 86 valence electrons. The van der Waals surface area contributed by atoms with Gasteiger partial charge in [-0.1, -0.05) is 13.8 Å². The van der Waals surface area contributed by atoms with Gasteiger partial charge in [0.15, 0.2) is 0 Å². The minimum Gasteiger partial charge on any atom is -0.381 e. The number of aromatic nitrogens is 2. The fourth-order valence-corrected chi connectivity index (χ4v) is 1.47. The minimum absolute atomic E-state index is 0.911. The van der Waals surface area contributed by atoms with Crippen LogP contribution in [0.25, 0.3) is 0 Å². The molecule has 1 saturated heterocycles. The maximum absolute atomic E-state index is 5.14. The fourth-order valence-electron chi connectivity index (χ4n) is 1.47. The lowest BCUT2D eigenvalue weighted by Gasteiger charge is -2.16. The number of rotatable bonds is 1. The number of hydrogen-bond acceptors (Lipinski definition) is 2. The van der Waals surface area contributed by atoms with Crippen LogP contribution in [-0.4, -0.2) is 23.0 Å². The summed E-state index contributed by atoms with van der Waals surface area (Å²) in [5, 5.41) is 4.00. The second kappa shape index (κ2) is 6.62. The summed E-state index contributed by atoms with van der Waals surface area (Å²) >= 11 is 0. The van der Waals surface area contributed by atoms with E-state index in [1.165, 1.54) is 18.4 Å². The molecule has 2 heterocycles. The molecule has 0 aliphatic carbocycles. The van der Waals surface area contributed by atoms with Crippen LogP contribution in [0.4, 0.5) is 0 Å². The first kappa shape index (κ1) is 12.2. The largest absolute Gasteiger partial charge is 0.381 e. The van der Waals surface area contributed by atoms with E-state index in [-0.39, 0.29) is 0 Å². The molecule has 1 aliphatic rings. The molecule has 0 unspecified atom stereocenters. The third-order valence-electron chi connectivity index (χ3n) is 2.68. The molecular weight excluding hydrogens is 188 g/mol. The van der Waals surface area contributed by atoms with Crippen LogP contribution in [-0.2, 0) is 18.2 Å². The van der Waals surface area contributed by atoms with Gasteiger partial charge >= 0.3 is 0 Å². The molecule has 1 aromatic rings. The van der Waals surface area contributed by atoms with Gasteiger partial charge in [0.1, 0.15) is 0 Å². The summed E-state index contributed by atoms with van der Waals surface area (Å²) in [4.78, 5) is 0. The molecule has 15 heavy (non-hydrogen) atoms. The van der Waals surface area contributed by atoms with Crippen molar-refractivity contribution in [2.24, 2.45) is 13.0 Å². The topological polar surface area (TPSA) is 27.1 Å². The van der Waals surface area contributed by atoms with Crippen LogP contribution in [0.3, 0.4) is 0 Å². The van der Waals surface area contributed by atoms with Gasteiger partial charge in [0.05, 0.1) is 6.20 Å². The molecule has 0 amide bonds. The highest BCUT2D eigenvalue weighted by molar-refractivity contribution is 5.02. The maximum atomic E-state index is 5.14.